The van der Waals surface area contributed by atoms with Gasteiger partial charge in [-0.3, -0.25) is 4.79 Å². The van der Waals surface area contributed by atoms with Crippen LogP contribution in [0.5, 0.6) is 5.75 Å². The van der Waals surface area contributed by atoms with E-state index in [2.05, 4.69) is 4.74 Å². The first-order valence-electron chi connectivity index (χ1n) is 7.07. The third-order valence-corrected chi connectivity index (χ3v) is 3.43. The lowest BCUT2D eigenvalue weighted by Crippen LogP contribution is -2.53. The predicted octanol–water partition coefficient (Wildman–Crippen LogP) is 3.50. The monoisotopic (exact) mass is 374 g/mol. The summed E-state index contributed by atoms with van der Waals surface area (Å²) in [5.41, 5.74) is -6.26. The zero-order valence-electron chi connectivity index (χ0n) is 13.3. The van der Waals surface area contributed by atoms with Crippen molar-refractivity contribution in [2.45, 2.75) is 37.7 Å². The molecule has 0 atom stereocenters. The van der Waals surface area contributed by atoms with Gasteiger partial charge in [0.2, 0.25) is 0 Å². The van der Waals surface area contributed by atoms with Crippen LogP contribution >= 0.6 is 0 Å². The van der Waals surface area contributed by atoms with Crippen LogP contribution in [0.2, 0.25) is 0 Å². The van der Waals surface area contributed by atoms with Crippen molar-refractivity contribution in [2.24, 2.45) is 0 Å². The minimum absolute atomic E-state index is 0.0151. The van der Waals surface area contributed by atoms with E-state index in [-0.39, 0.29) is 30.8 Å². The molecule has 0 spiro atoms. The average Bonchev–Trinajstić information content (AvgIpc) is 2.50. The van der Waals surface area contributed by atoms with E-state index >= 15 is 0 Å². The molecule has 0 aliphatic heterocycles. The summed E-state index contributed by atoms with van der Waals surface area (Å²) < 4.78 is 86.8. The summed E-state index contributed by atoms with van der Waals surface area (Å²) in [5.74, 6) is -0.885. The molecular formula is C15H16F6O4. The summed E-state index contributed by atoms with van der Waals surface area (Å²) in [5, 5.41) is 9.37. The summed E-state index contributed by atoms with van der Waals surface area (Å²) in [6, 6.07) is 1.90. The lowest BCUT2D eigenvalue weighted by Gasteiger charge is -2.33. The molecule has 1 aromatic rings. The van der Waals surface area contributed by atoms with Crippen LogP contribution < -0.4 is 4.74 Å². The SMILES string of the molecule is CCOC(=O)CCc1ccc(C(O)(C(F)(F)F)C(F)(F)F)cc1OC. The van der Waals surface area contributed by atoms with E-state index in [1.807, 2.05) is 0 Å². The predicted molar refractivity (Wildman–Crippen MR) is 74.0 cm³/mol. The van der Waals surface area contributed by atoms with Crippen molar-refractivity contribution in [3.63, 3.8) is 0 Å². The van der Waals surface area contributed by atoms with E-state index in [9.17, 15) is 36.2 Å². The molecule has 10 heteroatoms. The number of rotatable bonds is 6. The van der Waals surface area contributed by atoms with Gasteiger partial charge in [-0.2, -0.15) is 26.3 Å². The average molecular weight is 374 g/mol. The number of alkyl halides is 6. The van der Waals surface area contributed by atoms with Crippen molar-refractivity contribution in [1.82, 2.24) is 0 Å². The van der Waals surface area contributed by atoms with Crippen molar-refractivity contribution in [1.29, 1.82) is 0 Å². The van der Waals surface area contributed by atoms with Gasteiger partial charge in [-0.1, -0.05) is 12.1 Å². The first-order chi connectivity index (χ1) is 11.4. The highest BCUT2D eigenvalue weighted by atomic mass is 19.4. The first-order valence-corrected chi connectivity index (χ1v) is 7.07. The van der Waals surface area contributed by atoms with E-state index in [0.29, 0.717) is 12.1 Å². The Kier molecular flexibility index (Phi) is 6.33. The number of hydrogen-bond acceptors (Lipinski definition) is 4. The van der Waals surface area contributed by atoms with Gasteiger partial charge in [0.25, 0.3) is 5.60 Å². The number of carbonyl (C=O) groups is 1. The lowest BCUT2D eigenvalue weighted by atomic mass is 9.90. The number of aliphatic hydroxyl groups is 1. The molecule has 4 nitrogen and oxygen atoms in total. The Bertz CT molecular complexity index is 595. The van der Waals surface area contributed by atoms with E-state index in [0.717, 1.165) is 13.2 Å². The van der Waals surface area contributed by atoms with Crippen molar-refractivity contribution < 1.29 is 45.7 Å². The molecule has 0 amide bonds. The van der Waals surface area contributed by atoms with Gasteiger partial charge in [-0.15, -0.1) is 0 Å². The minimum Gasteiger partial charge on any atom is -0.496 e. The van der Waals surface area contributed by atoms with Gasteiger partial charge >= 0.3 is 18.3 Å². The van der Waals surface area contributed by atoms with Gasteiger partial charge in [-0.05, 0) is 25.0 Å². The molecule has 1 N–H and O–H groups in total. The smallest absolute Gasteiger partial charge is 0.430 e. The van der Waals surface area contributed by atoms with Gasteiger partial charge in [0, 0.05) is 12.0 Å². The standard InChI is InChI=1S/C15H16F6O4/c1-3-25-12(22)7-5-9-4-6-10(8-11(9)24-2)13(23,14(16,17)18)15(19,20)21/h4,6,8,23H,3,5,7H2,1-2H3. The largest absolute Gasteiger partial charge is 0.496 e. The Balaban J connectivity index is 3.25. The molecular weight excluding hydrogens is 358 g/mol. The second-order valence-electron chi connectivity index (χ2n) is 5.04. The normalized spacial score (nSPS) is 12.8. The number of methoxy groups -OCH3 is 1. The summed E-state index contributed by atoms with van der Waals surface area (Å²) >= 11 is 0. The maximum absolute atomic E-state index is 12.9. The summed E-state index contributed by atoms with van der Waals surface area (Å²) in [6.07, 6.45) is -12.1. The molecule has 0 fully saturated rings. The quantitative estimate of drug-likeness (QED) is 0.612. The molecule has 1 aromatic carbocycles. The highest BCUT2D eigenvalue weighted by molar-refractivity contribution is 5.69. The Morgan fingerprint density at radius 2 is 1.68 bits per heavy atom. The van der Waals surface area contributed by atoms with E-state index < -0.39 is 29.5 Å². The van der Waals surface area contributed by atoms with Crippen molar-refractivity contribution in [3.8, 4) is 5.75 Å². The van der Waals surface area contributed by atoms with Gasteiger partial charge in [0.1, 0.15) is 5.75 Å². The summed E-state index contributed by atoms with van der Waals surface area (Å²) in [6.45, 7) is 1.72. The third-order valence-electron chi connectivity index (χ3n) is 3.43. The summed E-state index contributed by atoms with van der Waals surface area (Å²) in [4.78, 5) is 11.3. The molecule has 0 radical (unpaired) electrons. The first kappa shape index (κ1) is 21.1. The highest BCUT2D eigenvalue weighted by Crippen LogP contribution is 2.50. The van der Waals surface area contributed by atoms with Crippen LogP contribution in [0.25, 0.3) is 0 Å². The fourth-order valence-electron chi connectivity index (χ4n) is 2.13. The molecule has 0 saturated carbocycles. The van der Waals surface area contributed by atoms with Crippen LogP contribution in [-0.4, -0.2) is 37.1 Å². The Labute approximate surface area is 139 Å². The number of hydrogen-bond donors (Lipinski definition) is 1. The number of carbonyl (C=O) groups excluding carboxylic acids is 1. The van der Waals surface area contributed by atoms with E-state index in [1.54, 1.807) is 6.92 Å². The van der Waals surface area contributed by atoms with Gasteiger partial charge in [-0.25, -0.2) is 0 Å². The molecule has 0 bridgehead atoms. The maximum atomic E-state index is 12.9. The van der Waals surface area contributed by atoms with Gasteiger partial charge < -0.3 is 14.6 Å². The fraction of sp³-hybridized carbons (Fsp3) is 0.533. The second kappa shape index (κ2) is 7.51. The lowest BCUT2D eigenvalue weighted by molar-refractivity contribution is -0.376. The number of halogens is 6. The summed E-state index contributed by atoms with van der Waals surface area (Å²) in [7, 11) is 1.05. The molecule has 25 heavy (non-hydrogen) atoms. The van der Waals surface area contributed by atoms with Gasteiger partial charge in [0.15, 0.2) is 0 Å². The van der Waals surface area contributed by atoms with Crippen molar-refractivity contribution in [2.75, 3.05) is 13.7 Å². The fourth-order valence-corrected chi connectivity index (χ4v) is 2.13. The van der Waals surface area contributed by atoms with Crippen LogP contribution in [0.1, 0.15) is 24.5 Å². The maximum Gasteiger partial charge on any atom is 0.430 e. The zero-order chi connectivity index (χ0) is 19.5. The van der Waals surface area contributed by atoms with Crippen molar-refractivity contribution >= 4 is 5.97 Å². The van der Waals surface area contributed by atoms with E-state index in [1.165, 1.54) is 0 Å². The molecule has 142 valence electrons. The van der Waals surface area contributed by atoms with Crippen LogP contribution in [0.4, 0.5) is 26.3 Å². The molecule has 0 heterocycles. The molecule has 0 aromatic heterocycles. The highest BCUT2D eigenvalue weighted by Gasteiger charge is 2.71. The van der Waals surface area contributed by atoms with Crippen LogP contribution in [-0.2, 0) is 21.6 Å². The molecule has 0 saturated heterocycles. The number of benzene rings is 1. The molecule has 0 aliphatic rings. The van der Waals surface area contributed by atoms with Crippen molar-refractivity contribution in [3.05, 3.63) is 29.3 Å². The minimum atomic E-state index is -5.98. The number of aryl methyl sites for hydroxylation is 1. The molecule has 1 rings (SSSR count). The van der Waals surface area contributed by atoms with Crippen LogP contribution in [0.3, 0.4) is 0 Å². The van der Waals surface area contributed by atoms with Gasteiger partial charge in [0.05, 0.1) is 13.7 Å². The zero-order valence-corrected chi connectivity index (χ0v) is 13.3. The topological polar surface area (TPSA) is 55.8 Å². The number of ether oxygens (including phenoxy) is 2. The van der Waals surface area contributed by atoms with Crippen LogP contribution in [0.15, 0.2) is 18.2 Å². The molecule has 0 unspecified atom stereocenters. The second-order valence-corrected chi connectivity index (χ2v) is 5.04. The third kappa shape index (κ3) is 4.36. The Morgan fingerprint density at radius 1 is 1.12 bits per heavy atom. The number of esters is 1. The van der Waals surface area contributed by atoms with E-state index in [4.69, 9.17) is 4.74 Å². The Morgan fingerprint density at radius 3 is 2.12 bits per heavy atom. The molecule has 0 aliphatic carbocycles. The Hall–Kier alpha value is -1.97. The van der Waals surface area contributed by atoms with Crippen LogP contribution in [0, 0.1) is 0 Å².